The first-order chi connectivity index (χ1) is 10.1. The Labute approximate surface area is 126 Å². The van der Waals surface area contributed by atoms with Crippen molar-refractivity contribution in [3.05, 3.63) is 23.8 Å². The van der Waals surface area contributed by atoms with E-state index in [1.807, 2.05) is 19.1 Å². The lowest BCUT2D eigenvalue weighted by atomic mass is 10.1. The van der Waals surface area contributed by atoms with E-state index in [0.29, 0.717) is 18.3 Å². The van der Waals surface area contributed by atoms with Crippen molar-refractivity contribution >= 4 is 17.3 Å². The molecule has 1 saturated heterocycles. The number of carbonyl (C=O) groups excluding carboxylic acids is 1. The second-order valence-corrected chi connectivity index (χ2v) is 5.75. The number of rotatable bonds is 6. The van der Waals surface area contributed by atoms with E-state index in [1.165, 1.54) is 0 Å². The van der Waals surface area contributed by atoms with Crippen LogP contribution in [0.5, 0.6) is 0 Å². The topological polar surface area (TPSA) is 78.6 Å². The van der Waals surface area contributed by atoms with Crippen molar-refractivity contribution < 1.29 is 9.90 Å². The molecule has 1 heterocycles. The molecule has 4 N–H and O–H groups in total. The van der Waals surface area contributed by atoms with Crippen molar-refractivity contribution in [2.45, 2.75) is 38.6 Å². The Morgan fingerprint density at radius 1 is 1.52 bits per heavy atom. The molecule has 1 aromatic carbocycles. The molecule has 0 radical (unpaired) electrons. The SMILES string of the molecule is Cc1ccc(N)cc1NC(=O)CN1CCCC1CCCO. The normalized spacial score (nSPS) is 18.9. The highest BCUT2D eigenvalue weighted by Gasteiger charge is 2.25. The lowest BCUT2D eigenvalue weighted by molar-refractivity contribution is -0.117. The highest BCUT2D eigenvalue weighted by Crippen LogP contribution is 2.22. The minimum atomic E-state index is -0.000372. The zero-order chi connectivity index (χ0) is 15.2. The summed E-state index contributed by atoms with van der Waals surface area (Å²) in [4.78, 5) is 14.4. The minimum Gasteiger partial charge on any atom is -0.399 e. The smallest absolute Gasteiger partial charge is 0.238 e. The van der Waals surface area contributed by atoms with Crippen molar-refractivity contribution in [3.8, 4) is 0 Å². The monoisotopic (exact) mass is 291 g/mol. The quantitative estimate of drug-likeness (QED) is 0.698. The molecule has 0 bridgehead atoms. The average molecular weight is 291 g/mol. The highest BCUT2D eigenvalue weighted by molar-refractivity contribution is 5.93. The van der Waals surface area contributed by atoms with Gasteiger partial charge in [0.1, 0.15) is 0 Å². The van der Waals surface area contributed by atoms with Crippen LogP contribution in [0.25, 0.3) is 0 Å². The Balaban J connectivity index is 1.90. The maximum absolute atomic E-state index is 12.2. The van der Waals surface area contributed by atoms with Crippen LogP contribution in [0.1, 0.15) is 31.2 Å². The molecule has 0 aliphatic carbocycles. The van der Waals surface area contributed by atoms with Crippen LogP contribution < -0.4 is 11.1 Å². The summed E-state index contributed by atoms with van der Waals surface area (Å²) in [6, 6.07) is 5.95. The summed E-state index contributed by atoms with van der Waals surface area (Å²) < 4.78 is 0. The van der Waals surface area contributed by atoms with Gasteiger partial charge in [0.25, 0.3) is 0 Å². The van der Waals surface area contributed by atoms with Crippen molar-refractivity contribution in [2.75, 3.05) is 30.7 Å². The third-order valence-corrected chi connectivity index (χ3v) is 4.08. The molecule has 21 heavy (non-hydrogen) atoms. The van der Waals surface area contributed by atoms with Gasteiger partial charge in [0.2, 0.25) is 5.91 Å². The van der Waals surface area contributed by atoms with E-state index in [9.17, 15) is 4.79 Å². The third-order valence-electron chi connectivity index (χ3n) is 4.08. The van der Waals surface area contributed by atoms with Gasteiger partial charge in [-0.25, -0.2) is 0 Å². The average Bonchev–Trinajstić information content (AvgIpc) is 2.87. The van der Waals surface area contributed by atoms with Crippen LogP contribution in [-0.4, -0.2) is 41.7 Å². The number of nitrogens with zero attached hydrogens (tertiary/aromatic N) is 1. The second kappa shape index (κ2) is 7.43. The first-order valence-corrected chi connectivity index (χ1v) is 7.61. The van der Waals surface area contributed by atoms with Gasteiger partial charge in [-0.3, -0.25) is 9.69 Å². The fourth-order valence-electron chi connectivity index (χ4n) is 2.91. The number of likely N-dealkylation sites (tertiary alicyclic amines) is 1. The Bertz CT molecular complexity index is 490. The molecule has 0 spiro atoms. The van der Waals surface area contributed by atoms with E-state index in [0.717, 1.165) is 43.5 Å². The number of amides is 1. The Kier molecular flexibility index (Phi) is 5.59. The van der Waals surface area contributed by atoms with E-state index in [1.54, 1.807) is 6.07 Å². The van der Waals surface area contributed by atoms with E-state index in [4.69, 9.17) is 10.8 Å². The van der Waals surface area contributed by atoms with Gasteiger partial charge >= 0.3 is 0 Å². The molecule has 2 rings (SSSR count). The van der Waals surface area contributed by atoms with Gasteiger partial charge in [0.15, 0.2) is 0 Å². The maximum Gasteiger partial charge on any atom is 0.238 e. The molecule has 1 amide bonds. The number of benzene rings is 1. The standard InChI is InChI=1S/C16H25N3O2/c1-12-6-7-13(17)10-15(12)18-16(21)11-19-8-2-4-14(19)5-3-9-20/h6-7,10,14,20H,2-5,8-9,11,17H2,1H3,(H,18,21). The summed E-state index contributed by atoms with van der Waals surface area (Å²) in [5.74, 6) is -0.000372. The summed E-state index contributed by atoms with van der Waals surface area (Å²) in [7, 11) is 0. The van der Waals surface area contributed by atoms with Crippen LogP contribution in [0.4, 0.5) is 11.4 Å². The number of nitrogens with one attached hydrogen (secondary N) is 1. The zero-order valence-corrected chi connectivity index (χ0v) is 12.6. The molecule has 1 atom stereocenters. The van der Waals surface area contributed by atoms with Crippen LogP contribution in [0.2, 0.25) is 0 Å². The summed E-state index contributed by atoms with van der Waals surface area (Å²) in [6.45, 7) is 3.54. The second-order valence-electron chi connectivity index (χ2n) is 5.75. The van der Waals surface area contributed by atoms with E-state index < -0.39 is 0 Å². The lowest BCUT2D eigenvalue weighted by Gasteiger charge is -2.23. The van der Waals surface area contributed by atoms with Gasteiger partial charge in [0, 0.05) is 24.0 Å². The lowest BCUT2D eigenvalue weighted by Crippen LogP contribution is -2.37. The fourth-order valence-corrected chi connectivity index (χ4v) is 2.91. The molecule has 1 aliphatic rings. The number of carbonyl (C=O) groups is 1. The van der Waals surface area contributed by atoms with Gasteiger partial charge in [-0.15, -0.1) is 0 Å². The molecular weight excluding hydrogens is 266 g/mol. The number of nitrogens with two attached hydrogens (primary N) is 1. The van der Waals surface area contributed by atoms with Gasteiger partial charge in [0.05, 0.1) is 6.54 Å². The Hall–Kier alpha value is -1.59. The summed E-state index contributed by atoms with van der Waals surface area (Å²) in [5.41, 5.74) is 8.20. The van der Waals surface area contributed by atoms with Gasteiger partial charge in [-0.05, 0) is 56.8 Å². The van der Waals surface area contributed by atoms with E-state index >= 15 is 0 Å². The number of aliphatic hydroxyl groups excluding tert-OH is 1. The summed E-state index contributed by atoms with van der Waals surface area (Å²) in [6.07, 6.45) is 4.00. The Morgan fingerprint density at radius 2 is 2.33 bits per heavy atom. The summed E-state index contributed by atoms with van der Waals surface area (Å²) in [5, 5.41) is 11.9. The van der Waals surface area contributed by atoms with Crippen LogP contribution in [0.3, 0.4) is 0 Å². The van der Waals surface area contributed by atoms with Crippen molar-refractivity contribution in [1.29, 1.82) is 0 Å². The first kappa shape index (κ1) is 15.8. The molecule has 1 fully saturated rings. The van der Waals surface area contributed by atoms with Crippen molar-refractivity contribution in [3.63, 3.8) is 0 Å². The van der Waals surface area contributed by atoms with Crippen molar-refractivity contribution in [2.24, 2.45) is 0 Å². The van der Waals surface area contributed by atoms with Gasteiger partial charge < -0.3 is 16.2 Å². The number of hydrogen-bond acceptors (Lipinski definition) is 4. The number of aryl methyl sites for hydroxylation is 1. The van der Waals surface area contributed by atoms with Crippen LogP contribution in [0, 0.1) is 6.92 Å². The van der Waals surface area contributed by atoms with Gasteiger partial charge in [-0.2, -0.15) is 0 Å². The largest absolute Gasteiger partial charge is 0.399 e. The van der Waals surface area contributed by atoms with Crippen LogP contribution in [-0.2, 0) is 4.79 Å². The molecule has 0 aromatic heterocycles. The maximum atomic E-state index is 12.2. The molecule has 1 aromatic rings. The van der Waals surface area contributed by atoms with E-state index in [-0.39, 0.29) is 12.5 Å². The minimum absolute atomic E-state index is 0.000372. The van der Waals surface area contributed by atoms with Crippen LogP contribution >= 0.6 is 0 Å². The summed E-state index contributed by atoms with van der Waals surface area (Å²) >= 11 is 0. The predicted molar refractivity (Wildman–Crippen MR) is 85.1 cm³/mol. The molecule has 1 unspecified atom stereocenters. The third kappa shape index (κ3) is 4.44. The highest BCUT2D eigenvalue weighted by atomic mass is 16.3. The Morgan fingerprint density at radius 3 is 3.10 bits per heavy atom. The number of nitrogen functional groups attached to an aromatic ring is 1. The van der Waals surface area contributed by atoms with Crippen LogP contribution in [0.15, 0.2) is 18.2 Å². The number of aliphatic hydroxyl groups is 1. The molecule has 0 saturated carbocycles. The molecule has 5 heteroatoms. The molecular formula is C16H25N3O2. The fraction of sp³-hybridized carbons (Fsp3) is 0.562. The predicted octanol–water partition coefficient (Wildman–Crippen LogP) is 1.75. The number of anilines is 2. The van der Waals surface area contributed by atoms with Crippen molar-refractivity contribution in [1.82, 2.24) is 4.90 Å². The number of hydrogen-bond donors (Lipinski definition) is 3. The zero-order valence-electron chi connectivity index (χ0n) is 12.6. The van der Waals surface area contributed by atoms with E-state index in [2.05, 4.69) is 10.2 Å². The molecule has 1 aliphatic heterocycles. The first-order valence-electron chi connectivity index (χ1n) is 7.61. The molecule has 116 valence electrons. The van der Waals surface area contributed by atoms with Gasteiger partial charge in [-0.1, -0.05) is 6.07 Å². The molecule has 5 nitrogen and oxygen atoms in total.